The summed E-state index contributed by atoms with van der Waals surface area (Å²) in [5, 5.41) is 21.0. The van der Waals surface area contributed by atoms with E-state index < -0.39 is 18.6 Å². The number of nitrogens with one attached hydrogen (secondary N) is 1. The number of fused-ring (bicyclic) bond motifs is 1. The molecule has 8 nitrogen and oxygen atoms in total. The third-order valence-electron chi connectivity index (χ3n) is 5.10. The number of hydrogen-bond acceptors (Lipinski definition) is 7. The first-order valence-corrected chi connectivity index (χ1v) is 10.1. The van der Waals surface area contributed by atoms with Gasteiger partial charge in [0.05, 0.1) is 12.0 Å². The Morgan fingerprint density at radius 3 is 2.52 bits per heavy atom. The van der Waals surface area contributed by atoms with Gasteiger partial charge in [0.1, 0.15) is 17.4 Å². The molecule has 1 amide bonds. The van der Waals surface area contributed by atoms with Crippen LogP contribution in [0.2, 0.25) is 0 Å². The maximum atomic E-state index is 13.3. The summed E-state index contributed by atoms with van der Waals surface area (Å²) in [6.45, 7) is -0.432. The summed E-state index contributed by atoms with van der Waals surface area (Å²) in [4.78, 5) is 17.2. The molecule has 3 aromatic carbocycles. The van der Waals surface area contributed by atoms with Crippen molar-refractivity contribution in [3.05, 3.63) is 90.1 Å². The van der Waals surface area contributed by atoms with Crippen LogP contribution in [0.4, 0.5) is 4.39 Å². The Hall–Kier alpha value is -4.37. The summed E-state index contributed by atoms with van der Waals surface area (Å²) in [5.74, 6) is 0.0365. The molecule has 0 spiro atoms. The predicted molar refractivity (Wildman–Crippen MR) is 116 cm³/mol. The van der Waals surface area contributed by atoms with Gasteiger partial charge in [-0.1, -0.05) is 40.6 Å². The summed E-state index contributed by atoms with van der Waals surface area (Å²) in [6.07, 6.45) is 0. The van der Waals surface area contributed by atoms with Crippen LogP contribution in [0.3, 0.4) is 0 Å². The first-order chi connectivity index (χ1) is 16.1. The molecule has 2 aromatic heterocycles. The zero-order valence-corrected chi connectivity index (χ0v) is 17.1. The number of aliphatic hydroxyl groups is 1. The van der Waals surface area contributed by atoms with Crippen molar-refractivity contribution in [3.63, 3.8) is 0 Å². The normalized spacial score (nSPS) is 12.1. The lowest BCUT2D eigenvalue weighted by Gasteiger charge is -2.12. The van der Waals surface area contributed by atoms with Gasteiger partial charge in [-0.3, -0.25) is 4.79 Å². The molecule has 0 aliphatic heterocycles. The third-order valence-corrected chi connectivity index (χ3v) is 5.10. The Morgan fingerprint density at radius 2 is 1.76 bits per heavy atom. The lowest BCUT2D eigenvalue weighted by atomic mass is 10.1. The van der Waals surface area contributed by atoms with Crippen molar-refractivity contribution < 1.29 is 23.3 Å². The van der Waals surface area contributed by atoms with E-state index in [4.69, 9.17) is 9.05 Å². The SMILES string of the molecule is O=C(NC(CO)c1nc(-c2ccccc2)no1)c1ccc2noc(-c3ccc(F)cc3)c2c1. The van der Waals surface area contributed by atoms with E-state index >= 15 is 0 Å². The fraction of sp³-hybridized carbons (Fsp3) is 0.0833. The van der Waals surface area contributed by atoms with Crippen LogP contribution in [-0.4, -0.2) is 32.9 Å². The second-order valence-corrected chi connectivity index (χ2v) is 7.28. The number of hydrogen-bond donors (Lipinski definition) is 2. The highest BCUT2D eigenvalue weighted by molar-refractivity contribution is 6.01. The van der Waals surface area contributed by atoms with Gasteiger partial charge in [0.2, 0.25) is 5.82 Å². The van der Waals surface area contributed by atoms with Gasteiger partial charge < -0.3 is 19.5 Å². The average Bonchev–Trinajstić information content (AvgIpc) is 3.51. The number of nitrogens with zero attached hydrogens (tertiary/aromatic N) is 3. The van der Waals surface area contributed by atoms with Crippen LogP contribution in [0.15, 0.2) is 81.8 Å². The quantitative estimate of drug-likeness (QED) is 0.404. The summed E-state index contributed by atoms with van der Waals surface area (Å²) in [6, 6.07) is 19.0. The van der Waals surface area contributed by atoms with Crippen LogP contribution in [0.5, 0.6) is 0 Å². The largest absolute Gasteiger partial charge is 0.394 e. The monoisotopic (exact) mass is 444 g/mol. The molecule has 0 bridgehead atoms. The zero-order chi connectivity index (χ0) is 22.8. The smallest absolute Gasteiger partial charge is 0.252 e. The molecule has 1 atom stereocenters. The van der Waals surface area contributed by atoms with Gasteiger partial charge in [-0.05, 0) is 42.5 Å². The number of aromatic nitrogens is 3. The fourth-order valence-electron chi connectivity index (χ4n) is 3.40. The molecule has 5 aromatic rings. The second kappa shape index (κ2) is 8.64. The Bertz CT molecular complexity index is 1410. The van der Waals surface area contributed by atoms with Gasteiger partial charge in [-0.25, -0.2) is 4.39 Å². The molecule has 0 saturated carbocycles. The molecular weight excluding hydrogens is 427 g/mol. The molecular formula is C24H17FN4O4. The number of amides is 1. The molecule has 0 aliphatic carbocycles. The molecule has 2 N–H and O–H groups in total. The first-order valence-electron chi connectivity index (χ1n) is 10.1. The van der Waals surface area contributed by atoms with Crippen molar-refractivity contribution in [2.24, 2.45) is 0 Å². The minimum atomic E-state index is -0.891. The number of rotatable bonds is 6. The Balaban J connectivity index is 1.39. The van der Waals surface area contributed by atoms with Gasteiger partial charge in [-0.2, -0.15) is 4.98 Å². The molecule has 1 unspecified atom stereocenters. The zero-order valence-electron chi connectivity index (χ0n) is 17.1. The van der Waals surface area contributed by atoms with E-state index in [1.807, 2.05) is 30.3 Å². The minimum Gasteiger partial charge on any atom is -0.394 e. The Kier molecular flexibility index (Phi) is 5.37. The van der Waals surface area contributed by atoms with Crippen molar-refractivity contribution in [1.29, 1.82) is 0 Å². The fourth-order valence-corrected chi connectivity index (χ4v) is 3.40. The lowest BCUT2D eigenvalue weighted by Crippen LogP contribution is -2.31. The molecule has 2 heterocycles. The van der Waals surface area contributed by atoms with E-state index in [0.717, 1.165) is 5.56 Å². The van der Waals surface area contributed by atoms with Crippen LogP contribution in [-0.2, 0) is 0 Å². The van der Waals surface area contributed by atoms with E-state index in [9.17, 15) is 14.3 Å². The van der Waals surface area contributed by atoms with Crippen molar-refractivity contribution in [3.8, 4) is 22.7 Å². The Labute approximate surface area is 186 Å². The lowest BCUT2D eigenvalue weighted by molar-refractivity contribution is 0.0901. The van der Waals surface area contributed by atoms with Crippen LogP contribution >= 0.6 is 0 Å². The van der Waals surface area contributed by atoms with E-state index in [2.05, 4.69) is 20.6 Å². The van der Waals surface area contributed by atoms with E-state index in [-0.39, 0.29) is 11.7 Å². The molecule has 0 radical (unpaired) electrons. The molecule has 33 heavy (non-hydrogen) atoms. The molecule has 0 fully saturated rings. The van der Waals surface area contributed by atoms with E-state index in [1.54, 1.807) is 30.3 Å². The maximum absolute atomic E-state index is 13.3. The summed E-state index contributed by atoms with van der Waals surface area (Å²) in [7, 11) is 0. The van der Waals surface area contributed by atoms with Gasteiger partial charge >= 0.3 is 0 Å². The number of aliphatic hydroxyl groups excluding tert-OH is 1. The van der Waals surface area contributed by atoms with Gasteiger partial charge in [-0.15, -0.1) is 0 Å². The van der Waals surface area contributed by atoms with E-state index in [0.29, 0.717) is 33.6 Å². The van der Waals surface area contributed by atoms with Crippen molar-refractivity contribution >= 4 is 16.8 Å². The van der Waals surface area contributed by atoms with Crippen LogP contribution in [0.25, 0.3) is 33.6 Å². The number of carbonyl (C=O) groups is 1. The topological polar surface area (TPSA) is 114 Å². The maximum Gasteiger partial charge on any atom is 0.252 e. The highest BCUT2D eigenvalue weighted by Crippen LogP contribution is 2.29. The van der Waals surface area contributed by atoms with Gasteiger partial charge in [0.15, 0.2) is 5.76 Å². The van der Waals surface area contributed by atoms with Crippen LogP contribution in [0.1, 0.15) is 22.3 Å². The minimum absolute atomic E-state index is 0.0859. The van der Waals surface area contributed by atoms with Crippen molar-refractivity contribution in [1.82, 2.24) is 20.6 Å². The summed E-state index contributed by atoms with van der Waals surface area (Å²) in [5.41, 5.74) is 2.25. The summed E-state index contributed by atoms with van der Waals surface area (Å²) < 4.78 is 23.9. The number of halogens is 1. The average molecular weight is 444 g/mol. The second-order valence-electron chi connectivity index (χ2n) is 7.28. The Morgan fingerprint density at radius 1 is 0.970 bits per heavy atom. The first kappa shape index (κ1) is 20.5. The summed E-state index contributed by atoms with van der Waals surface area (Å²) >= 11 is 0. The molecule has 164 valence electrons. The molecule has 5 rings (SSSR count). The van der Waals surface area contributed by atoms with Crippen LogP contribution in [0, 0.1) is 5.82 Å². The highest BCUT2D eigenvalue weighted by atomic mass is 19.1. The van der Waals surface area contributed by atoms with Crippen molar-refractivity contribution in [2.75, 3.05) is 6.61 Å². The standard InChI is InChI=1S/C24H17FN4O4/c25-17-9-6-14(7-10-17)21-18-12-16(8-11-19(18)28-32-21)23(31)26-20(13-30)24-27-22(29-33-24)15-4-2-1-3-5-15/h1-12,20,30H,13H2,(H,26,31). The molecule has 0 aliphatic rings. The third kappa shape index (κ3) is 4.09. The molecule has 0 saturated heterocycles. The van der Waals surface area contributed by atoms with E-state index in [1.165, 1.54) is 12.1 Å². The van der Waals surface area contributed by atoms with Crippen LogP contribution < -0.4 is 5.32 Å². The number of benzene rings is 3. The predicted octanol–water partition coefficient (Wildman–Crippen LogP) is 4.15. The number of carbonyl (C=O) groups excluding carboxylic acids is 1. The molecule has 9 heteroatoms. The highest BCUT2D eigenvalue weighted by Gasteiger charge is 2.22. The van der Waals surface area contributed by atoms with Gasteiger partial charge in [0.25, 0.3) is 11.8 Å². The van der Waals surface area contributed by atoms with Crippen molar-refractivity contribution in [2.45, 2.75) is 6.04 Å². The van der Waals surface area contributed by atoms with Gasteiger partial charge in [0, 0.05) is 16.7 Å².